The summed E-state index contributed by atoms with van der Waals surface area (Å²) in [6.45, 7) is 4.47. The van der Waals surface area contributed by atoms with Crippen molar-refractivity contribution in [1.29, 1.82) is 0 Å². The van der Waals surface area contributed by atoms with E-state index < -0.39 is 11.8 Å². The van der Waals surface area contributed by atoms with Gasteiger partial charge in [0.25, 0.3) is 17.7 Å². The number of ether oxygens (including phenoxy) is 1. The zero-order valence-electron chi connectivity index (χ0n) is 17.5. The lowest BCUT2D eigenvalue weighted by Crippen LogP contribution is -2.32. The normalized spacial score (nSPS) is 10.5. The van der Waals surface area contributed by atoms with E-state index in [0.717, 1.165) is 0 Å². The molecule has 1 aromatic heterocycles. The smallest absolute Gasteiger partial charge is 0.279 e. The fourth-order valence-corrected chi connectivity index (χ4v) is 3.33. The van der Waals surface area contributed by atoms with Crippen molar-refractivity contribution in [2.24, 2.45) is 5.73 Å². The number of primary amides is 1. The highest BCUT2D eigenvalue weighted by molar-refractivity contribution is 6.34. The molecule has 1 heterocycles. The van der Waals surface area contributed by atoms with Crippen molar-refractivity contribution in [1.82, 2.24) is 9.97 Å². The number of nitrogens with two attached hydrogens (primary N) is 1. The number of nitrogens with one attached hydrogen (secondary N) is 2. The van der Waals surface area contributed by atoms with Crippen LogP contribution in [0.1, 0.15) is 45.2 Å². The van der Waals surface area contributed by atoms with Crippen LogP contribution in [0.2, 0.25) is 5.02 Å². The second-order valence-corrected chi connectivity index (χ2v) is 7.02. The third-order valence-corrected chi connectivity index (χ3v) is 4.90. The van der Waals surface area contributed by atoms with Crippen LogP contribution in [-0.2, 0) is 0 Å². The Labute approximate surface area is 189 Å². The highest BCUT2D eigenvalue weighted by atomic mass is 35.5. The van der Waals surface area contributed by atoms with Gasteiger partial charge in [-0.2, -0.15) is 0 Å². The third-order valence-electron chi connectivity index (χ3n) is 4.58. The van der Waals surface area contributed by atoms with Crippen LogP contribution in [-0.4, -0.2) is 40.8 Å². The summed E-state index contributed by atoms with van der Waals surface area (Å²) in [5.41, 5.74) is 6.57. The van der Waals surface area contributed by atoms with E-state index in [9.17, 15) is 14.4 Å². The lowest BCUT2D eigenvalue weighted by molar-refractivity contribution is 0.0956. The van der Waals surface area contributed by atoms with Crippen LogP contribution in [0.25, 0.3) is 0 Å². The third kappa shape index (κ3) is 4.89. The van der Waals surface area contributed by atoms with Gasteiger partial charge in [0, 0.05) is 17.9 Å². The van der Waals surface area contributed by atoms with Crippen molar-refractivity contribution >= 4 is 40.7 Å². The first kappa shape index (κ1) is 22.8. The number of nitrogens with zero attached hydrogens (tertiary/aromatic N) is 2. The quantitative estimate of drug-likeness (QED) is 0.478. The molecular weight excluding hydrogens is 434 g/mol. The molecule has 0 unspecified atom stereocenters. The molecule has 0 spiro atoms. The Balaban J connectivity index is 1.75. The van der Waals surface area contributed by atoms with E-state index in [0.29, 0.717) is 35.8 Å². The minimum atomic E-state index is -0.770. The summed E-state index contributed by atoms with van der Waals surface area (Å²) in [4.78, 5) is 44.9. The molecule has 0 saturated carbocycles. The Hall–Kier alpha value is -3.85. The number of H-pyrrole nitrogens is 1. The number of halogens is 1. The highest BCUT2D eigenvalue weighted by Gasteiger charge is 2.24. The summed E-state index contributed by atoms with van der Waals surface area (Å²) < 4.78 is 5.37. The second-order valence-electron chi connectivity index (χ2n) is 6.62. The predicted molar refractivity (Wildman–Crippen MR) is 121 cm³/mol. The van der Waals surface area contributed by atoms with Crippen LogP contribution in [0.4, 0.5) is 11.4 Å². The molecule has 0 radical (unpaired) electrons. The van der Waals surface area contributed by atoms with Crippen molar-refractivity contribution in [3.8, 4) is 5.75 Å². The molecule has 10 heteroatoms. The molecule has 0 saturated heterocycles. The number of hydrogen-bond acceptors (Lipinski definition) is 5. The Morgan fingerprint density at radius 1 is 1.16 bits per heavy atom. The number of amides is 3. The Morgan fingerprint density at radius 3 is 2.47 bits per heavy atom. The minimum absolute atomic E-state index is 0.0513. The van der Waals surface area contributed by atoms with Crippen LogP contribution >= 0.6 is 11.6 Å². The Kier molecular flexibility index (Phi) is 7.11. The number of carbonyl (C=O) groups is 3. The van der Waals surface area contributed by atoms with Crippen molar-refractivity contribution < 1.29 is 19.1 Å². The molecule has 0 bridgehead atoms. The number of hydrogen-bond donors (Lipinski definition) is 3. The van der Waals surface area contributed by atoms with Gasteiger partial charge in [0.1, 0.15) is 11.4 Å². The van der Waals surface area contributed by atoms with Crippen molar-refractivity contribution in [2.75, 3.05) is 23.4 Å². The maximum Gasteiger partial charge on any atom is 0.279 e. The van der Waals surface area contributed by atoms with Gasteiger partial charge in [-0.05, 0) is 56.3 Å². The summed E-state index contributed by atoms with van der Waals surface area (Å²) in [6.07, 6.45) is 1.24. The standard InChI is InChI=1S/C22H22ClN5O4/c1-3-28(22(31)19-18(20(24)29)25-12-26-19)14-7-5-13(6-8-14)27-21(30)16-10-9-15(32-4-2)11-17(16)23/h5-12H,3-4H2,1-2H3,(H2,24,29)(H,25,26)(H,27,30). The fourth-order valence-electron chi connectivity index (χ4n) is 3.08. The van der Waals surface area contributed by atoms with E-state index in [-0.39, 0.29) is 22.3 Å². The molecule has 9 nitrogen and oxygen atoms in total. The van der Waals surface area contributed by atoms with Crippen molar-refractivity contribution in [3.05, 3.63) is 70.8 Å². The summed E-state index contributed by atoms with van der Waals surface area (Å²) in [7, 11) is 0. The summed E-state index contributed by atoms with van der Waals surface area (Å²) in [5.74, 6) is -1.04. The topological polar surface area (TPSA) is 130 Å². The van der Waals surface area contributed by atoms with Gasteiger partial charge in [-0.25, -0.2) is 4.98 Å². The number of aromatic nitrogens is 2. The number of rotatable bonds is 8. The van der Waals surface area contributed by atoms with Crippen LogP contribution in [0.5, 0.6) is 5.75 Å². The van der Waals surface area contributed by atoms with Gasteiger partial charge in [0.05, 0.1) is 23.5 Å². The molecule has 0 aliphatic carbocycles. The van der Waals surface area contributed by atoms with Crippen LogP contribution in [0.3, 0.4) is 0 Å². The number of carbonyl (C=O) groups excluding carboxylic acids is 3. The minimum Gasteiger partial charge on any atom is -0.494 e. The maximum atomic E-state index is 12.9. The second kappa shape index (κ2) is 9.97. The van der Waals surface area contributed by atoms with E-state index >= 15 is 0 Å². The van der Waals surface area contributed by atoms with Gasteiger partial charge in [0.15, 0.2) is 5.69 Å². The molecule has 0 aliphatic rings. The van der Waals surface area contributed by atoms with Crippen LogP contribution < -0.4 is 20.7 Å². The van der Waals surface area contributed by atoms with E-state index in [1.807, 2.05) is 6.92 Å². The first-order chi connectivity index (χ1) is 15.3. The average molecular weight is 456 g/mol. The number of aromatic amines is 1. The Morgan fingerprint density at radius 2 is 1.88 bits per heavy atom. The molecule has 0 aliphatic heterocycles. The molecule has 166 valence electrons. The Bertz CT molecular complexity index is 1140. The van der Waals surface area contributed by atoms with Gasteiger partial charge in [0.2, 0.25) is 0 Å². The highest BCUT2D eigenvalue weighted by Crippen LogP contribution is 2.25. The van der Waals surface area contributed by atoms with Crippen LogP contribution in [0, 0.1) is 0 Å². The van der Waals surface area contributed by atoms with Crippen LogP contribution in [0.15, 0.2) is 48.8 Å². The number of benzene rings is 2. The van der Waals surface area contributed by atoms with E-state index in [2.05, 4.69) is 15.3 Å². The lowest BCUT2D eigenvalue weighted by Gasteiger charge is -2.21. The predicted octanol–water partition coefficient (Wildman–Crippen LogP) is 3.48. The summed E-state index contributed by atoms with van der Waals surface area (Å²) >= 11 is 6.20. The molecule has 0 atom stereocenters. The molecule has 0 fully saturated rings. The SMILES string of the molecule is CCOc1ccc(C(=O)Nc2ccc(N(CC)C(=O)c3nc[nH]c3C(N)=O)cc2)c(Cl)c1. The first-order valence-electron chi connectivity index (χ1n) is 9.84. The monoisotopic (exact) mass is 455 g/mol. The van der Waals surface area contributed by atoms with Gasteiger partial charge in [-0.3, -0.25) is 14.4 Å². The van der Waals surface area contributed by atoms with E-state index in [1.165, 1.54) is 11.2 Å². The largest absolute Gasteiger partial charge is 0.494 e. The average Bonchev–Trinajstić information content (AvgIpc) is 3.26. The van der Waals surface area contributed by atoms with Crippen molar-refractivity contribution in [3.63, 3.8) is 0 Å². The number of anilines is 2. The zero-order chi connectivity index (χ0) is 23.3. The maximum absolute atomic E-state index is 12.9. The van der Waals surface area contributed by atoms with Gasteiger partial charge in [-0.1, -0.05) is 11.6 Å². The molecule has 4 N–H and O–H groups in total. The molecule has 2 aromatic carbocycles. The van der Waals surface area contributed by atoms with Gasteiger partial charge >= 0.3 is 0 Å². The summed E-state index contributed by atoms with van der Waals surface area (Å²) in [6, 6.07) is 11.5. The molecular formula is C22H22ClN5O4. The molecule has 3 rings (SSSR count). The lowest BCUT2D eigenvalue weighted by atomic mass is 10.2. The molecule has 3 amide bonds. The molecule has 3 aromatic rings. The fraction of sp³-hybridized carbons (Fsp3) is 0.182. The van der Waals surface area contributed by atoms with Crippen molar-refractivity contribution in [2.45, 2.75) is 13.8 Å². The van der Waals surface area contributed by atoms with E-state index in [4.69, 9.17) is 22.1 Å². The van der Waals surface area contributed by atoms with Gasteiger partial charge < -0.3 is 25.7 Å². The van der Waals surface area contributed by atoms with E-state index in [1.54, 1.807) is 49.4 Å². The summed E-state index contributed by atoms with van der Waals surface area (Å²) in [5, 5.41) is 3.04. The zero-order valence-corrected chi connectivity index (χ0v) is 18.3. The number of imidazole rings is 1. The first-order valence-corrected chi connectivity index (χ1v) is 10.2. The molecule has 32 heavy (non-hydrogen) atoms. The van der Waals surface area contributed by atoms with Gasteiger partial charge in [-0.15, -0.1) is 0 Å².